The molecular formula is C22H25NOS. The van der Waals surface area contributed by atoms with Crippen molar-refractivity contribution in [2.75, 3.05) is 6.54 Å². The number of carbonyl (C=O) groups excluding carboxylic acids is 1. The first-order chi connectivity index (χ1) is 12.3. The van der Waals surface area contributed by atoms with Crippen molar-refractivity contribution in [3.63, 3.8) is 0 Å². The lowest BCUT2D eigenvalue weighted by Gasteiger charge is -2.18. The Morgan fingerprint density at radius 1 is 1.00 bits per heavy atom. The Bertz CT molecular complexity index is 696. The van der Waals surface area contributed by atoms with Crippen LogP contribution in [0.25, 0.3) is 0 Å². The topological polar surface area (TPSA) is 29.1 Å². The number of hydrogen-bond donors (Lipinski definition) is 1. The highest BCUT2D eigenvalue weighted by atomic mass is 32.2. The number of benzene rings is 2. The first kappa shape index (κ1) is 17.8. The molecule has 1 aliphatic carbocycles. The fourth-order valence-corrected chi connectivity index (χ4v) is 4.18. The van der Waals surface area contributed by atoms with E-state index in [9.17, 15) is 4.79 Å². The lowest BCUT2D eigenvalue weighted by molar-refractivity contribution is -0.120. The third-order valence-corrected chi connectivity index (χ3v) is 5.73. The summed E-state index contributed by atoms with van der Waals surface area (Å²) < 4.78 is 0. The van der Waals surface area contributed by atoms with Crippen molar-refractivity contribution in [2.45, 2.75) is 42.2 Å². The third-order valence-electron chi connectivity index (χ3n) is 4.47. The van der Waals surface area contributed by atoms with Gasteiger partial charge in [-0.1, -0.05) is 60.2 Å². The molecule has 3 heteroatoms. The first-order valence-electron chi connectivity index (χ1n) is 9.05. The Balaban J connectivity index is 1.63. The summed E-state index contributed by atoms with van der Waals surface area (Å²) in [6, 6.07) is 20.2. The molecule has 25 heavy (non-hydrogen) atoms. The molecule has 3 rings (SSSR count). The number of amides is 1. The van der Waals surface area contributed by atoms with Crippen LogP contribution in [0, 0.1) is 0 Å². The molecule has 1 amide bonds. The van der Waals surface area contributed by atoms with E-state index in [4.69, 9.17) is 0 Å². The molecule has 0 fully saturated rings. The summed E-state index contributed by atoms with van der Waals surface area (Å²) in [7, 11) is 0. The fraction of sp³-hybridized carbons (Fsp3) is 0.318. The zero-order valence-electron chi connectivity index (χ0n) is 14.5. The maximum absolute atomic E-state index is 12.8. The molecule has 130 valence electrons. The summed E-state index contributed by atoms with van der Waals surface area (Å²) in [5, 5.41) is 2.93. The van der Waals surface area contributed by atoms with Crippen LogP contribution in [0.5, 0.6) is 0 Å². The average Bonchev–Trinajstić information content (AvgIpc) is 2.68. The van der Waals surface area contributed by atoms with Crippen LogP contribution in [-0.4, -0.2) is 12.5 Å². The standard InChI is InChI=1S/C22H25NOS/c24-22(23-17-16-18-10-4-1-5-11-18)21(19-12-6-2-7-13-19)25-20-14-8-3-9-15-20/h2-3,6-10,12-15,21H,1,4-5,11,16-17H2,(H,23,24). The fourth-order valence-electron chi connectivity index (χ4n) is 3.11. The highest BCUT2D eigenvalue weighted by molar-refractivity contribution is 8.00. The summed E-state index contributed by atoms with van der Waals surface area (Å²) in [5.41, 5.74) is 2.55. The van der Waals surface area contributed by atoms with Crippen molar-refractivity contribution in [3.8, 4) is 0 Å². The lowest BCUT2D eigenvalue weighted by atomic mass is 9.97. The molecule has 2 aromatic carbocycles. The predicted octanol–water partition coefficient (Wildman–Crippen LogP) is 5.53. The summed E-state index contributed by atoms with van der Waals surface area (Å²) in [6.45, 7) is 0.726. The Labute approximate surface area is 154 Å². The van der Waals surface area contributed by atoms with Crippen molar-refractivity contribution in [1.29, 1.82) is 0 Å². The second kappa shape index (κ2) is 9.47. The third kappa shape index (κ3) is 5.50. The Morgan fingerprint density at radius 2 is 1.72 bits per heavy atom. The van der Waals surface area contributed by atoms with Gasteiger partial charge in [0.1, 0.15) is 5.25 Å². The van der Waals surface area contributed by atoms with Gasteiger partial charge in [-0.15, -0.1) is 11.8 Å². The summed E-state index contributed by atoms with van der Waals surface area (Å²) in [4.78, 5) is 14.0. The van der Waals surface area contributed by atoms with Gasteiger partial charge in [0.2, 0.25) is 5.91 Å². The van der Waals surface area contributed by atoms with Gasteiger partial charge in [-0.2, -0.15) is 0 Å². The van der Waals surface area contributed by atoms with Gasteiger partial charge in [0, 0.05) is 11.4 Å². The van der Waals surface area contributed by atoms with E-state index in [2.05, 4.69) is 23.5 Å². The second-order valence-electron chi connectivity index (χ2n) is 6.37. The molecule has 0 saturated heterocycles. The molecule has 1 aliphatic rings. The van der Waals surface area contributed by atoms with Gasteiger partial charge in [-0.25, -0.2) is 0 Å². The van der Waals surface area contributed by atoms with Crippen LogP contribution >= 0.6 is 11.8 Å². The predicted molar refractivity (Wildman–Crippen MR) is 106 cm³/mol. The van der Waals surface area contributed by atoms with Crippen molar-refractivity contribution in [3.05, 3.63) is 77.9 Å². The van der Waals surface area contributed by atoms with Crippen LogP contribution in [0.1, 0.15) is 42.9 Å². The molecule has 0 aromatic heterocycles. The zero-order valence-corrected chi connectivity index (χ0v) is 15.3. The van der Waals surface area contributed by atoms with E-state index < -0.39 is 0 Å². The maximum atomic E-state index is 12.8. The van der Waals surface area contributed by atoms with Gasteiger partial charge in [0.05, 0.1) is 0 Å². The Hall–Kier alpha value is -2.00. The van der Waals surface area contributed by atoms with E-state index in [0.29, 0.717) is 0 Å². The molecular weight excluding hydrogens is 326 g/mol. The molecule has 0 bridgehead atoms. The van der Waals surface area contributed by atoms with E-state index in [1.807, 2.05) is 48.5 Å². The highest BCUT2D eigenvalue weighted by Gasteiger charge is 2.21. The van der Waals surface area contributed by atoms with Crippen molar-refractivity contribution >= 4 is 17.7 Å². The smallest absolute Gasteiger partial charge is 0.238 e. The SMILES string of the molecule is O=C(NCCC1=CCCCC1)C(Sc1ccccc1)c1ccccc1. The molecule has 0 radical (unpaired) electrons. The van der Waals surface area contributed by atoms with E-state index >= 15 is 0 Å². The van der Waals surface area contributed by atoms with Gasteiger partial charge in [0.25, 0.3) is 0 Å². The van der Waals surface area contributed by atoms with Crippen LogP contribution in [0.2, 0.25) is 0 Å². The van der Waals surface area contributed by atoms with Gasteiger partial charge in [-0.05, 0) is 49.8 Å². The number of carbonyl (C=O) groups is 1. The normalized spacial score (nSPS) is 15.3. The Morgan fingerprint density at radius 3 is 2.40 bits per heavy atom. The molecule has 1 atom stereocenters. The van der Waals surface area contributed by atoms with Gasteiger partial charge >= 0.3 is 0 Å². The largest absolute Gasteiger partial charge is 0.355 e. The quantitative estimate of drug-likeness (QED) is 0.525. The second-order valence-corrected chi connectivity index (χ2v) is 7.55. The molecule has 2 nitrogen and oxygen atoms in total. The first-order valence-corrected chi connectivity index (χ1v) is 9.93. The molecule has 0 heterocycles. The summed E-state index contributed by atoms with van der Waals surface area (Å²) >= 11 is 1.61. The van der Waals surface area contributed by atoms with E-state index in [1.54, 1.807) is 11.8 Å². The lowest BCUT2D eigenvalue weighted by Crippen LogP contribution is -2.29. The molecule has 1 N–H and O–H groups in total. The maximum Gasteiger partial charge on any atom is 0.238 e. The van der Waals surface area contributed by atoms with Crippen molar-refractivity contribution in [2.24, 2.45) is 0 Å². The molecule has 0 spiro atoms. The van der Waals surface area contributed by atoms with Gasteiger partial charge < -0.3 is 5.32 Å². The van der Waals surface area contributed by atoms with Crippen LogP contribution < -0.4 is 5.32 Å². The number of allylic oxidation sites excluding steroid dienone is 1. The zero-order chi connectivity index (χ0) is 17.3. The van der Waals surface area contributed by atoms with Crippen molar-refractivity contribution < 1.29 is 4.79 Å². The van der Waals surface area contributed by atoms with Crippen LogP contribution in [0.4, 0.5) is 0 Å². The van der Waals surface area contributed by atoms with Crippen LogP contribution in [0.3, 0.4) is 0 Å². The minimum absolute atomic E-state index is 0.0939. The molecule has 1 unspecified atom stereocenters. The van der Waals surface area contributed by atoms with Gasteiger partial charge in [-0.3, -0.25) is 4.79 Å². The molecule has 0 saturated carbocycles. The highest BCUT2D eigenvalue weighted by Crippen LogP contribution is 2.35. The summed E-state index contributed by atoms with van der Waals surface area (Å²) in [5.74, 6) is 0.0939. The van der Waals surface area contributed by atoms with E-state index in [0.717, 1.165) is 23.4 Å². The van der Waals surface area contributed by atoms with E-state index in [1.165, 1.54) is 31.3 Å². The number of nitrogens with one attached hydrogen (secondary N) is 1. The molecule has 2 aromatic rings. The monoisotopic (exact) mass is 351 g/mol. The molecule has 0 aliphatic heterocycles. The van der Waals surface area contributed by atoms with E-state index in [-0.39, 0.29) is 11.2 Å². The minimum Gasteiger partial charge on any atom is -0.355 e. The Kier molecular flexibility index (Phi) is 6.75. The average molecular weight is 352 g/mol. The van der Waals surface area contributed by atoms with Gasteiger partial charge in [0.15, 0.2) is 0 Å². The van der Waals surface area contributed by atoms with Crippen LogP contribution in [0.15, 0.2) is 77.2 Å². The minimum atomic E-state index is -0.219. The summed E-state index contributed by atoms with van der Waals surface area (Å²) in [6.07, 6.45) is 8.30. The number of hydrogen-bond acceptors (Lipinski definition) is 2. The van der Waals surface area contributed by atoms with Crippen LogP contribution in [-0.2, 0) is 4.79 Å². The number of rotatable bonds is 7. The van der Waals surface area contributed by atoms with Crippen molar-refractivity contribution in [1.82, 2.24) is 5.32 Å². The number of thioether (sulfide) groups is 1.